The quantitative estimate of drug-likeness (QED) is 0.774. The van der Waals surface area contributed by atoms with Crippen LogP contribution in [0.2, 0.25) is 0 Å². The van der Waals surface area contributed by atoms with Gasteiger partial charge in [0.1, 0.15) is 0 Å². The van der Waals surface area contributed by atoms with Gasteiger partial charge in [-0.05, 0) is 38.5 Å². The van der Waals surface area contributed by atoms with Crippen LogP contribution in [-0.4, -0.2) is 28.7 Å². The number of ketones is 1. The van der Waals surface area contributed by atoms with E-state index in [0.29, 0.717) is 12.8 Å². The zero-order valence-electron chi connectivity index (χ0n) is 12.5. The molecule has 0 bridgehead atoms. The summed E-state index contributed by atoms with van der Waals surface area (Å²) in [6, 6.07) is 0. The fourth-order valence-corrected chi connectivity index (χ4v) is 2.48. The molecule has 18 heavy (non-hydrogen) atoms. The summed E-state index contributed by atoms with van der Waals surface area (Å²) in [7, 11) is 0. The average Bonchev–Trinajstić information content (AvgIpc) is 2.19. The van der Waals surface area contributed by atoms with E-state index in [9.17, 15) is 9.59 Å². The third kappa shape index (κ3) is 3.82. The molecular weight excluding hydrogens is 226 g/mol. The van der Waals surface area contributed by atoms with Gasteiger partial charge in [-0.3, -0.25) is 9.59 Å². The topological polar surface area (TPSA) is 37.4 Å². The number of nitrogens with zero attached hydrogens (tertiary/aromatic N) is 1. The van der Waals surface area contributed by atoms with E-state index in [1.165, 1.54) is 0 Å². The summed E-state index contributed by atoms with van der Waals surface area (Å²) >= 11 is 0. The highest BCUT2D eigenvalue weighted by Crippen LogP contribution is 2.27. The molecule has 0 spiro atoms. The molecule has 0 unspecified atom stereocenters. The number of amides is 1. The fourth-order valence-electron chi connectivity index (χ4n) is 2.48. The van der Waals surface area contributed by atoms with Crippen molar-refractivity contribution < 1.29 is 9.59 Å². The summed E-state index contributed by atoms with van der Waals surface area (Å²) in [5, 5.41) is 0. The van der Waals surface area contributed by atoms with E-state index in [0.717, 1.165) is 25.8 Å². The van der Waals surface area contributed by atoms with Crippen LogP contribution in [0.25, 0.3) is 0 Å². The molecule has 0 saturated carbocycles. The molecule has 1 amide bonds. The van der Waals surface area contributed by atoms with Crippen LogP contribution in [0.3, 0.4) is 0 Å². The van der Waals surface area contributed by atoms with Crippen molar-refractivity contribution in [1.82, 2.24) is 4.90 Å². The Morgan fingerprint density at radius 2 is 1.94 bits per heavy atom. The SMILES string of the molecule is CC(C)(C)CCCC(=O)N1CCCC(=O)C1(C)C. The van der Waals surface area contributed by atoms with Gasteiger partial charge in [0.15, 0.2) is 5.78 Å². The summed E-state index contributed by atoms with van der Waals surface area (Å²) in [6.45, 7) is 11.0. The van der Waals surface area contributed by atoms with E-state index in [-0.39, 0.29) is 17.1 Å². The first kappa shape index (κ1) is 15.2. The minimum Gasteiger partial charge on any atom is -0.331 e. The van der Waals surface area contributed by atoms with Crippen LogP contribution in [0.5, 0.6) is 0 Å². The van der Waals surface area contributed by atoms with Crippen LogP contribution in [0.4, 0.5) is 0 Å². The fraction of sp³-hybridized carbons (Fsp3) is 0.867. The maximum atomic E-state index is 12.2. The second-order valence-corrected chi connectivity index (χ2v) is 7.05. The van der Waals surface area contributed by atoms with Crippen LogP contribution in [0, 0.1) is 5.41 Å². The van der Waals surface area contributed by atoms with Gasteiger partial charge in [-0.15, -0.1) is 0 Å². The molecule has 0 aliphatic carbocycles. The van der Waals surface area contributed by atoms with E-state index in [1.54, 1.807) is 4.90 Å². The number of hydrogen-bond acceptors (Lipinski definition) is 2. The summed E-state index contributed by atoms with van der Waals surface area (Å²) in [5.74, 6) is 0.329. The lowest BCUT2D eigenvalue weighted by Crippen LogP contribution is -2.56. The highest BCUT2D eigenvalue weighted by molar-refractivity contribution is 5.93. The Kier molecular flexibility index (Phi) is 4.57. The number of likely N-dealkylation sites (tertiary alicyclic amines) is 1. The minimum atomic E-state index is -0.600. The summed E-state index contributed by atoms with van der Waals surface area (Å²) in [6.07, 6.45) is 3.93. The van der Waals surface area contributed by atoms with Gasteiger partial charge in [0.25, 0.3) is 0 Å². The van der Waals surface area contributed by atoms with Crippen LogP contribution < -0.4 is 0 Å². The number of hydrogen-bond donors (Lipinski definition) is 0. The van der Waals surface area contributed by atoms with Crippen molar-refractivity contribution in [1.29, 1.82) is 0 Å². The van der Waals surface area contributed by atoms with E-state index >= 15 is 0 Å². The predicted molar refractivity (Wildman–Crippen MR) is 73.3 cm³/mol. The van der Waals surface area contributed by atoms with Gasteiger partial charge in [-0.1, -0.05) is 20.8 Å². The molecule has 0 aromatic carbocycles. The Balaban J connectivity index is 2.53. The van der Waals surface area contributed by atoms with Gasteiger partial charge in [-0.2, -0.15) is 0 Å². The first-order valence-electron chi connectivity index (χ1n) is 6.98. The highest BCUT2D eigenvalue weighted by atomic mass is 16.2. The van der Waals surface area contributed by atoms with Crippen LogP contribution in [0.1, 0.15) is 66.7 Å². The highest BCUT2D eigenvalue weighted by Gasteiger charge is 2.39. The largest absolute Gasteiger partial charge is 0.331 e. The number of carbonyl (C=O) groups is 2. The molecule has 1 rings (SSSR count). The summed E-state index contributed by atoms with van der Waals surface area (Å²) < 4.78 is 0. The first-order valence-corrected chi connectivity index (χ1v) is 6.98. The maximum absolute atomic E-state index is 12.2. The summed E-state index contributed by atoms with van der Waals surface area (Å²) in [4.78, 5) is 25.9. The third-order valence-electron chi connectivity index (χ3n) is 3.76. The molecule has 104 valence electrons. The van der Waals surface area contributed by atoms with Crippen molar-refractivity contribution in [2.24, 2.45) is 5.41 Å². The van der Waals surface area contributed by atoms with Gasteiger partial charge in [-0.25, -0.2) is 0 Å². The molecular formula is C15H27NO2. The van der Waals surface area contributed by atoms with Crippen molar-refractivity contribution in [3.8, 4) is 0 Å². The smallest absolute Gasteiger partial charge is 0.223 e. The number of carbonyl (C=O) groups excluding carboxylic acids is 2. The van der Waals surface area contributed by atoms with E-state index in [2.05, 4.69) is 20.8 Å². The second-order valence-electron chi connectivity index (χ2n) is 7.05. The van der Waals surface area contributed by atoms with Crippen LogP contribution in [0.15, 0.2) is 0 Å². The third-order valence-corrected chi connectivity index (χ3v) is 3.76. The first-order chi connectivity index (χ1) is 8.14. The van der Waals surface area contributed by atoms with Crippen molar-refractivity contribution in [3.05, 3.63) is 0 Å². The molecule has 1 saturated heterocycles. The van der Waals surface area contributed by atoms with E-state index < -0.39 is 5.54 Å². The number of Topliss-reactive ketones (excluding diaryl/α,β-unsaturated/α-hetero) is 1. The second kappa shape index (κ2) is 5.41. The lowest BCUT2D eigenvalue weighted by atomic mass is 9.87. The van der Waals surface area contributed by atoms with Crippen molar-refractivity contribution in [2.45, 2.75) is 72.3 Å². The average molecular weight is 253 g/mol. The van der Waals surface area contributed by atoms with Crippen LogP contribution >= 0.6 is 0 Å². The zero-order valence-corrected chi connectivity index (χ0v) is 12.5. The van der Waals surface area contributed by atoms with E-state index in [1.807, 2.05) is 13.8 Å². The minimum absolute atomic E-state index is 0.136. The molecule has 1 aliphatic rings. The molecule has 0 aromatic heterocycles. The lowest BCUT2D eigenvalue weighted by molar-refractivity contribution is -0.148. The maximum Gasteiger partial charge on any atom is 0.223 e. The Bertz CT molecular complexity index is 326. The van der Waals surface area contributed by atoms with Gasteiger partial charge < -0.3 is 4.90 Å². The molecule has 0 aromatic rings. The summed E-state index contributed by atoms with van der Waals surface area (Å²) in [5.41, 5.74) is -0.329. The molecule has 3 nitrogen and oxygen atoms in total. The van der Waals surface area contributed by atoms with Crippen molar-refractivity contribution >= 4 is 11.7 Å². The predicted octanol–water partition coefficient (Wildman–Crippen LogP) is 3.17. The Hall–Kier alpha value is -0.860. The van der Waals surface area contributed by atoms with E-state index in [4.69, 9.17) is 0 Å². The standard InChI is InChI=1S/C15H27NO2/c1-14(2,3)10-6-9-13(18)16-11-7-8-12(17)15(16,4)5/h6-11H2,1-5H3. The molecule has 1 heterocycles. The molecule has 1 fully saturated rings. The number of rotatable bonds is 3. The monoisotopic (exact) mass is 253 g/mol. The number of piperidine rings is 1. The Labute approximate surface area is 111 Å². The molecule has 3 heteroatoms. The zero-order chi connectivity index (χ0) is 14.0. The molecule has 0 atom stereocenters. The van der Waals surface area contributed by atoms with Crippen LogP contribution in [-0.2, 0) is 9.59 Å². The Morgan fingerprint density at radius 3 is 2.50 bits per heavy atom. The van der Waals surface area contributed by atoms with Gasteiger partial charge in [0.05, 0.1) is 5.54 Å². The molecule has 0 N–H and O–H groups in total. The van der Waals surface area contributed by atoms with Gasteiger partial charge in [0, 0.05) is 19.4 Å². The molecule has 1 aliphatic heterocycles. The van der Waals surface area contributed by atoms with Gasteiger partial charge in [0.2, 0.25) is 5.91 Å². The van der Waals surface area contributed by atoms with Crippen molar-refractivity contribution in [3.63, 3.8) is 0 Å². The van der Waals surface area contributed by atoms with Gasteiger partial charge >= 0.3 is 0 Å². The van der Waals surface area contributed by atoms with Crippen molar-refractivity contribution in [2.75, 3.05) is 6.54 Å². The Morgan fingerprint density at radius 1 is 1.33 bits per heavy atom. The molecule has 0 radical (unpaired) electrons. The lowest BCUT2D eigenvalue weighted by Gasteiger charge is -2.41. The normalized spacial score (nSPS) is 20.1.